The van der Waals surface area contributed by atoms with E-state index in [4.69, 9.17) is 0 Å². The van der Waals surface area contributed by atoms with Gasteiger partial charge in [-0.05, 0) is 56.2 Å². The second-order valence-corrected chi connectivity index (χ2v) is 9.31. The lowest BCUT2D eigenvalue weighted by Crippen LogP contribution is -2.49. The fourth-order valence-corrected chi connectivity index (χ4v) is 4.77. The maximum Gasteiger partial charge on any atom is 0.272 e. The van der Waals surface area contributed by atoms with E-state index in [1.165, 1.54) is 16.8 Å². The molecule has 35 heavy (non-hydrogen) atoms. The van der Waals surface area contributed by atoms with Crippen LogP contribution in [0, 0.1) is 20.8 Å². The number of hydrogen-bond acceptors (Lipinski definition) is 3. The van der Waals surface area contributed by atoms with Crippen molar-refractivity contribution in [1.82, 2.24) is 9.88 Å². The van der Waals surface area contributed by atoms with Crippen LogP contribution in [0.3, 0.4) is 0 Å². The first-order valence-electron chi connectivity index (χ1n) is 12.0. The summed E-state index contributed by atoms with van der Waals surface area (Å²) in [6.07, 6.45) is 0. The largest absolute Gasteiger partial charge is 0.368 e. The number of aromatic amines is 1. The molecule has 4 aromatic rings. The van der Waals surface area contributed by atoms with Gasteiger partial charge in [0.15, 0.2) is 0 Å². The number of H-pyrrole nitrogens is 1. The second-order valence-electron chi connectivity index (χ2n) is 9.31. The van der Waals surface area contributed by atoms with E-state index < -0.39 is 0 Å². The third-order valence-electron chi connectivity index (χ3n) is 6.71. The van der Waals surface area contributed by atoms with Gasteiger partial charge in [0.2, 0.25) is 0 Å². The summed E-state index contributed by atoms with van der Waals surface area (Å²) in [5.74, 6) is -0.325. The van der Waals surface area contributed by atoms with Gasteiger partial charge in [-0.25, -0.2) is 0 Å². The first-order chi connectivity index (χ1) is 16.9. The minimum absolute atomic E-state index is 0.0960. The fourth-order valence-electron chi connectivity index (χ4n) is 4.77. The minimum atomic E-state index is -0.229. The van der Waals surface area contributed by atoms with Gasteiger partial charge in [-0.2, -0.15) is 0 Å². The van der Waals surface area contributed by atoms with Crippen LogP contribution >= 0.6 is 0 Å². The third kappa shape index (κ3) is 4.52. The predicted octanol–water partition coefficient (Wildman–Crippen LogP) is 5.31. The highest BCUT2D eigenvalue weighted by Crippen LogP contribution is 2.30. The van der Waals surface area contributed by atoms with Crippen molar-refractivity contribution in [3.8, 4) is 0 Å². The highest BCUT2D eigenvalue weighted by atomic mass is 16.2. The van der Waals surface area contributed by atoms with E-state index in [1.807, 2.05) is 54.3 Å². The Balaban J connectivity index is 1.39. The molecule has 3 aromatic carbocycles. The van der Waals surface area contributed by atoms with Crippen molar-refractivity contribution in [1.29, 1.82) is 0 Å². The molecule has 178 valence electrons. The Hall–Kier alpha value is -4.06. The number of piperazine rings is 1. The van der Waals surface area contributed by atoms with Crippen LogP contribution in [0.15, 0.2) is 66.7 Å². The van der Waals surface area contributed by atoms with Gasteiger partial charge < -0.3 is 20.1 Å². The van der Waals surface area contributed by atoms with Gasteiger partial charge in [0, 0.05) is 48.3 Å². The molecule has 5 rings (SSSR count). The lowest BCUT2D eigenvalue weighted by Gasteiger charge is -2.37. The number of aromatic nitrogens is 1. The summed E-state index contributed by atoms with van der Waals surface area (Å²) in [6.45, 7) is 8.95. The smallest absolute Gasteiger partial charge is 0.272 e. The zero-order chi connectivity index (χ0) is 24.5. The summed E-state index contributed by atoms with van der Waals surface area (Å²) in [5.41, 5.74) is 7.06. The van der Waals surface area contributed by atoms with E-state index in [-0.39, 0.29) is 11.8 Å². The van der Waals surface area contributed by atoms with Crippen molar-refractivity contribution in [3.63, 3.8) is 0 Å². The summed E-state index contributed by atoms with van der Waals surface area (Å²) in [6, 6.07) is 21.6. The standard InChI is InChI=1S/C29H30N4O2/c1-19-7-6-8-22(17-19)28(34)31-26-23-9-4-5-10-24(23)30-27(26)29(35)33-15-13-32(14-16-33)25-18-20(2)11-12-21(25)3/h4-12,17-18,30H,13-16H2,1-3H3,(H,31,34). The predicted molar refractivity (Wildman–Crippen MR) is 141 cm³/mol. The number of hydrogen-bond donors (Lipinski definition) is 2. The van der Waals surface area contributed by atoms with Gasteiger partial charge in [0.05, 0.1) is 5.69 Å². The summed E-state index contributed by atoms with van der Waals surface area (Å²) < 4.78 is 0. The molecule has 1 saturated heterocycles. The summed E-state index contributed by atoms with van der Waals surface area (Å²) >= 11 is 0. The lowest BCUT2D eigenvalue weighted by molar-refractivity contribution is 0.0743. The molecule has 0 unspecified atom stereocenters. The average molecular weight is 467 g/mol. The molecular weight excluding hydrogens is 436 g/mol. The van der Waals surface area contributed by atoms with Gasteiger partial charge in [0.1, 0.15) is 5.69 Å². The normalized spacial score (nSPS) is 13.8. The molecule has 6 nitrogen and oxygen atoms in total. The Bertz CT molecular complexity index is 1410. The number of anilines is 2. The van der Waals surface area contributed by atoms with Crippen LogP contribution in [0.25, 0.3) is 10.9 Å². The number of carbonyl (C=O) groups excluding carboxylic acids is 2. The SMILES string of the molecule is Cc1cccc(C(=O)Nc2c(C(=O)N3CCN(c4cc(C)ccc4C)CC3)[nH]c3ccccc23)c1. The fraction of sp³-hybridized carbons (Fsp3) is 0.241. The quantitative estimate of drug-likeness (QED) is 0.428. The number of fused-ring (bicyclic) bond motifs is 1. The van der Waals surface area contributed by atoms with Crippen LogP contribution in [-0.4, -0.2) is 47.9 Å². The number of rotatable bonds is 4. The number of nitrogens with zero attached hydrogens (tertiary/aromatic N) is 2. The molecule has 6 heteroatoms. The first-order valence-corrected chi connectivity index (χ1v) is 12.0. The Morgan fingerprint density at radius 2 is 1.57 bits per heavy atom. The molecule has 0 spiro atoms. The van der Waals surface area contributed by atoms with Gasteiger partial charge in [0.25, 0.3) is 11.8 Å². The highest BCUT2D eigenvalue weighted by molar-refractivity contribution is 6.15. The zero-order valence-electron chi connectivity index (χ0n) is 20.4. The number of benzene rings is 3. The van der Waals surface area contributed by atoms with Crippen LogP contribution < -0.4 is 10.2 Å². The number of amides is 2. The molecule has 0 radical (unpaired) electrons. The van der Waals surface area contributed by atoms with Crippen LogP contribution in [-0.2, 0) is 0 Å². The number of para-hydroxylation sites is 1. The Labute approximate surface area is 205 Å². The Morgan fingerprint density at radius 1 is 0.829 bits per heavy atom. The van der Waals surface area contributed by atoms with Crippen LogP contribution in [0.1, 0.15) is 37.5 Å². The lowest BCUT2D eigenvalue weighted by atomic mass is 10.1. The third-order valence-corrected chi connectivity index (χ3v) is 6.71. The van der Waals surface area contributed by atoms with Crippen molar-refractivity contribution < 1.29 is 9.59 Å². The summed E-state index contributed by atoms with van der Waals surface area (Å²) in [4.78, 5) is 34.2. The van der Waals surface area contributed by atoms with Crippen molar-refractivity contribution in [2.75, 3.05) is 36.4 Å². The molecule has 0 atom stereocenters. The Morgan fingerprint density at radius 3 is 2.34 bits per heavy atom. The maximum absolute atomic E-state index is 13.7. The topological polar surface area (TPSA) is 68.4 Å². The van der Waals surface area contributed by atoms with Crippen molar-refractivity contribution in [2.24, 2.45) is 0 Å². The molecular formula is C29H30N4O2. The molecule has 0 aliphatic carbocycles. The van der Waals surface area contributed by atoms with E-state index in [1.54, 1.807) is 6.07 Å². The van der Waals surface area contributed by atoms with Crippen LogP contribution in [0.5, 0.6) is 0 Å². The molecule has 1 aliphatic heterocycles. The molecule has 2 N–H and O–H groups in total. The van der Waals surface area contributed by atoms with Crippen LogP contribution in [0.4, 0.5) is 11.4 Å². The minimum Gasteiger partial charge on any atom is -0.368 e. The molecule has 1 aliphatic rings. The van der Waals surface area contributed by atoms with Crippen LogP contribution in [0.2, 0.25) is 0 Å². The van der Waals surface area contributed by atoms with Crippen molar-refractivity contribution in [3.05, 3.63) is 94.7 Å². The van der Waals surface area contributed by atoms with E-state index in [0.29, 0.717) is 30.0 Å². The Kier molecular flexibility index (Phi) is 6.03. The van der Waals surface area contributed by atoms with E-state index >= 15 is 0 Å². The number of nitrogens with one attached hydrogen (secondary N) is 2. The van der Waals surface area contributed by atoms with Gasteiger partial charge in [-0.3, -0.25) is 9.59 Å². The van der Waals surface area contributed by atoms with E-state index in [2.05, 4.69) is 47.2 Å². The molecule has 2 heterocycles. The van der Waals surface area contributed by atoms with E-state index in [0.717, 1.165) is 29.6 Å². The van der Waals surface area contributed by atoms with Crippen molar-refractivity contribution in [2.45, 2.75) is 20.8 Å². The second kappa shape index (κ2) is 9.29. The molecule has 1 aromatic heterocycles. The molecule has 0 bridgehead atoms. The van der Waals surface area contributed by atoms with Gasteiger partial charge in [-0.1, -0.05) is 48.0 Å². The maximum atomic E-state index is 13.7. The molecule has 0 saturated carbocycles. The van der Waals surface area contributed by atoms with Crippen molar-refractivity contribution >= 4 is 34.1 Å². The number of aryl methyl sites for hydroxylation is 3. The van der Waals surface area contributed by atoms with E-state index in [9.17, 15) is 9.59 Å². The summed E-state index contributed by atoms with van der Waals surface area (Å²) in [5, 5.41) is 3.84. The zero-order valence-corrected chi connectivity index (χ0v) is 20.4. The molecule has 1 fully saturated rings. The first kappa shape index (κ1) is 22.7. The van der Waals surface area contributed by atoms with Gasteiger partial charge in [-0.15, -0.1) is 0 Å². The molecule has 2 amide bonds. The number of carbonyl (C=O) groups is 2. The monoisotopic (exact) mass is 466 g/mol. The average Bonchev–Trinajstić information content (AvgIpc) is 3.23. The van der Waals surface area contributed by atoms with Gasteiger partial charge >= 0.3 is 0 Å². The highest BCUT2D eigenvalue weighted by Gasteiger charge is 2.27. The summed E-state index contributed by atoms with van der Waals surface area (Å²) in [7, 11) is 0.